The molecule has 0 heterocycles. The summed E-state index contributed by atoms with van der Waals surface area (Å²) < 4.78 is 0.933. The Morgan fingerprint density at radius 1 is 1.42 bits per heavy atom. The van der Waals surface area contributed by atoms with Crippen molar-refractivity contribution in [1.29, 1.82) is 0 Å². The molecule has 1 amide bonds. The van der Waals surface area contributed by atoms with Crippen LogP contribution >= 0.6 is 15.9 Å². The number of amides is 1. The highest BCUT2D eigenvalue weighted by atomic mass is 79.9. The number of nitrogens with zero attached hydrogens (tertiary/aromatic N) is 2. The number of hydrogen-bond acceptors (Lipinski definition) is 3. The van der Waals surface area contributed by atoms with Crippen LogP contribution in [0.1, 0.15) is 25.5 Å². The molecule has 0 fully saturated rings. The van der Waals surface area contributed by atoms with Gasteiger partial charge in [-0.25, -0.2) is 0 Å². The van der Waals surface area contributed by atoms with Gasteiger partial charge in [0, 0.05) is 36.4 Å². The first kappa shape index (κ1) is 16.0. The lowest BCUT2D eigenvalue weighted by atomic mass is 10.1. The van der Waals surface area contributed by atoms with Gasteiger partial charge in [-0.15, -0.1) is 0 Å². The van der Waals surface area contributed by atoms with Crippen molar-refractivity contribution in [3.63, 3.8) is 0 Å². The van der Waals surface area contributed by atoms with Gasteiger partial charge in [0.15, 0.2) is 0 Å². The minimum Gasteiger partial charge on any atom is -0.389 e. The van der Waals surface area contributed by atoms with Gasteiger partial charge < -0.3 is 14.9 Å². The molecule has 1 atom stereocenters. The molecule has 0 bridgehead atoms. The number of halogens is 1. The van der Waals surface area contributed by atoms with E-state index >= 15 is 0 Å². The third-order valence-electron chi connectivity index (χ3n) is 2.99. The summed E-state index contributed by atoms with van der Waals surface area (Å²) in [6, 6.07) is 5.72. The molecular weight excluding hydrogens is 308 g/mol. The summed E-state index contributed by atoms with van der Waals surface area (Å²) in [6.45, 7) is 4.74. The van der Waals surface area contributed by atoms with Crippen LogP contribution in [0.3, 0.4) is 0 Å². The quantitative estimate of drug-likeness (QED) is 0.902. The Bertz CT molecular complexity index is 447. The van der Waals surface area contributed by atoms with Crippen molar-refractivity contribution in [1.82, 2.24) is 4.90 Å². The van der Waals surface area contributed by atoms with E-state index in [1.807, 2.05) is 30.0 Å². The lowest BCUT2D eigenvalue weighted by molar-refractivity contribution is -0.127. The molecule has 0 aromatic heterocycles. The van der Waals surface area contributed by atoms with Crippen LogP contribution in [0.4, 0.5) is 5.69 Å². The first-order valence-corrected chi connectivity index (χ1v) is 7.08. The molecule has 1 N–H and O–H groups in total. The number of aliphatic hydroxyl groups excluding tert-OH is 1. The third-order valence-corrected chi connectivity index (χ3v) is 3.48. The van der Waals surface area contributed by atoms with E-state index in [1.54, 1.807) is 25.9 Å². The number of carbonyl (C=O) groups excluding carboxylic acids is 1. The summed E-state index contributed by atoms with van der Waals surface area (Å²) in [5.74, 6) is 0.0402. The lowest BCUT2D eigenvalue weighted by Crippen LogP contribution is -2.37. The van der Waals surface area contributed by atoms with Crippen LogP contribution in [0.5, 0.6) is 0 Å². The first-order chi connectivity index (χ1) is 8.86. The Morgan fingerprint density at radius 3 is 2.53 bits per heavy atom. The van der Waals surface area contributed by atoms with E-state index < -0.39 is 6.10 Å². The Labute approximate surface area is 123 Å². The minimum absolute atomic E-state index is 0.0402. The van der Waals surface area contributed by atoms with E-state index in [-0.39, 0.29) is 5.91 Å². The monoisotopic (exact) mass is 328 g/mol. The van der Waals surface area contributed by atoms with Crippen LogP contribution in [-0.2, 0) is 4.79 Å². The largest absolute Gasteiger partial charge is 0.389 e. The average molecular weight is 329 g/mol. The highest BCUT2D eigenvalue weighted by Crippen LogP contribution is 2.29. The van der Waals surface area contributed by atoms with Crippen molar-refractivity contribution in [2.75, 3.05) is 32.1 Å². The van der Waals surface area contributed by atoms with Gasteiger partial charge in [0.2, 0.25) is 5.91 Å². The fourth-order valence-electron chi connectivity index (χ4n) is 1.82. The van der Waals surface area contributed by atoms with E-state index in [0.29, 0.717) is 13.1 Å². The molecule has 1 unspecified atom stereocenters. The van der Waals surface area contributed by atoms with Crippen molar-refractivity contribution >= 4 is 27.5 Å². The first-order valence-electron chi connectivity index (χ1n) is 6.29. The molecule has 1 rings (SSSR count). The summed E-state index contributed by atoms with van der Waals surface area (Å²) in [5, 5.41) is 9.85. The molecule has 5 heteroatoms. The van der Waals surface area contributed by atoms with Crippen molar-refractivity contribution in [3.8, 4) is 0 Å². The Morgan fingerprint density at radius 2 is 2.05 bits per heavy atom. The Hall–Kier alpha value is -1.07. The summed E-state index contributed by atoms with van der Waals surface area (Å²) in [5.41, 5.74) is 1.72. The summed E-state index contributed by atoms with van der Waals surface area (Å²) >= 11 is 3.43. The van der Waals surface area contributed by atoms with E-state index in [4.69, 9.17) is 0 Å². The second kappa shape index (κ2) is 6.91. The molecule has 0 radical (unpaired) electrons. The van der Waals surface area contributed by atoms with Gasteiger partial charge in [-0.2, -0.15) is 0 Å². The second-order valence-corrected chi connectivity index (χ2v) is 5.60. The molecule has 1 aromatic carbocycles. The molecule has 0 saturated heterocycles. The van der Waals surface area contributed by atoms with Crippen LogP contribution in [0.25, 0.3) is 0 Å². The van der Waals surface area contributed by atoms with Gasteiger partial charge in [-0.3, -0.25) is 4.79 Å². The normalized spacial score (nSPS) is 12.1. The standard InChI is InChI=1S/C14H21BrN2O2/c1-5-17(9-14(19)16(3)4)13-8-11(15)6-7-12(13)10(2)18/h6-8,10,18H,5,9H2,1-4H3. The second-order valence-electron chi connectivity index (χ2n) is 4.68. The molecule has 19 heavy (non-hydrogen) atoms. The maximum atomic E-state index is 11.9. The smallest absolute Gasteiger partial charge is 0.241 e. The number of carbonyl (C=O) groups is 1. The number of rotatable bonds is 5. The highest BCUT2D eigenvalue weighted by Gasteiger charge is 2.17. The predicted octanol–water partition coefficient (Wildman–Crippen LogP) is 2.42. The van der Waals surface area contributed by atoms with E-state index in [0.717, 1.165) is 15.7 Å². The molecule has 1 aromatic rings. The molecule has 0 aliphatic rings. The highest BCUT2D eigenvalue weighted by molar-refractivity contribution is 9.10. The van der Waals surface area contributed by atoms with Crippen LogP contribution in [0.2, 0.25) is 0 Å². The maximum Gasteiger partial charge on any atom is 0.241 e. The summed E-state index contributed by atoms with van der Waals surface area (Å²) in [4.78, 5) is 15.4. The number of benzene rings is 1. The van der Waals surface area contributed by atoms with Gasteiger partial charge in [0.1, 0.15) is 0 Å². The average Bonchev–Trinajstić information content (AvgIpc) is 2.34. The van der Waals surface area contributed by atoms with Crippen LogP contribution < -0.4 is 4.90 Å². The van der Waals surface area contributed by atoms with Crippen molar-refractivity contribution in [2.45, 2.75) is 20.0 Å². The number of likely N-dealkylation sites (N-methyl/N-ethyl adjacent to an activating group) is 2. The zero-order valence-electron chi connectivity index (χ0n) is 11.9. The van der Waals surface area contributed by atoms with Crippen LogP contribution in [-0.4, -0.2) is 43.1 Å². The summed E-state index contributed by atoms with van der Waals surface area (Å²) in [7, 11) is 3.49. The van der Waals surface area contributed by atoms with Gasteiger partial charge in [0.05, 0.1) is 12.6 Å². The van der Waals surface area contributed by atoms with Crippen molar-refractivity contribution < 1.29 is 9.90 Å². The summed E-state index contributed by atoms with van der Waals surface area (Å²) in [6.07, 6.45) is -0.563. The number of aliphatic hydroxyl groups is 1. The molecular formula is C14H21BrN2O2. The van der Waals surface area contributed by atoms with Gasteiger partial charge >= 0.3 is 0 Å². The zero-order chi connectivity index (χ0) is 14.6. The molecule has 106 valence electrons. The molecule has 0 spiro atoms. The fourth-order valence-corrected chi connectivity index (χ4v) is 2.16. The maximum absolute atomic E-state index is 11.9. The van der Waals surface area contributed by atoms with Crippen LogP contribution in [0, 0.1) is 0 Å². The SMILES string of the molecule is CCN(CC(=O)N(C)C)c1cc(Br)ccc1C(C)O. The molecule has 0 saturated carbocycles. The molecule has 4 nitrogen and oxygen atoms in total. The Balaban J connectivity index is 3.09. The van der Waals surface area contributed by atoms with E-state index in [2.05, 4.69) is 15.9 Å². The van der Waals surface area contributed by atoms with Gasteiger partial charge in [-0.05, 0) is 26.0 Å². The van der Waals surface area contributed by atoms with E-state index in [9.17, 15) is 9.90 Å². The van der Waals surface area contributed by atoms with Crippen LogP contribution in [0.15, 0.2) is 22.7 Å². The van der Waals surface area contributed by atoms with Gasteiger partial charge in [0.25, 0.3) is 0 Å². The van der Waals surface area contributed by atoms with Gasteiger partial charge in [-0.1, -0.05) is 22.0 Å². The van der Waals surface area contributed by atoms with Crippen molar-refractivity contribution in [3.05, 3.63) is 28.2 Å². The zero-order valence-corrected chi connectivity index (χ0v) is 13.4. The van der Waals surface area contributed by atoms with Crippen molar-refractivity contribution in [2.24, 2.45) is 0 Å². The lowest BCUT2D eigenvalue weighted by Gasteiger charge is -2.27. The molecule has 0 aliphatic heterocycles. The fraction of sp³-hybridized carbons (Fsp3) is 0.500. The third kappa shape index (κ3) is 4.21. The number of hydrogen-bond donors (Lipinski definition) is 1. The minimum atomic E-state index is -0.563. The molecule has 0 aliphatic carbocycles. The Kier molecular flexibility index (Phi) is 5.82. The number of anilines is 1. The van der Waals surface area contributed by atoms with E-state index in [1.165, 1.54) is 0 Å². The predicted molar refractivity (Wildman–Crippen MR) is 81.4 cm³/mol. The topological polar surface area (TPSA) is 43.8 Å².